The predicted molar refractivity (Wildman–Crippen MR) is 179 cm³/mol. The van der Waals surface area contributed by atoms with Crippen LogP contribution in [-0.2, 0) is 30.7 Å². The zero-order chi connectivity index (χ0) is 33.0. The van der Waals surface area contributed by atoms with Gasteiger partial charge in [0, 0.05) is 38.5 Å². The summed E-state index contributed by atoms with van der Waals surface area (Å²) in [6, 6.07) is 21.1. The molecule has 3 aromatic rings. The van der Waals surface area contributed by atoms with Gasteiger partial charge in [0.05, 0.1) is 25.2 Å². The van der Waals surface area contributed by atoms with Crippen LogP contribution >= 0.6 is 0 Å². The summed E-state index contributed by atoms with van der Waals surface area (Å²) in [6.45, 7) is -0.401. The van der Waals surface area contributed by atoms with Crippen molar-refractivity contribution in [3.05, 3.63) is 95.3 Å². The molecular formula is C37H44N2O7S. The lowest BCUT2D eigenvalue weighted by molar-refractivity contribution is -0.153. The van der Waals surface area contributed by atoms with Crippen LogP contribution < -0.4 is 4.74 Å². The van der Waals surface area contributed by atoms with Gasteiger partial charge in [0.15, 0.2) is 5.76 Å². The molecule has 0 bridgehead atoms. The summed E-state index contributed by atoms with van der Waals surface area (Å²) in [5.41, 5.74) is 6.14. The second kappa shape index (κ2) is 14.6. The molecule has 47 heavy (non-hydrogen) atoms. The topological polar surface area (TPSA) is 106 Å². The Kier molecular flexibility index (Phi) is 10.3. The molecule has 9 nitrogen and oxygen atoms in total. The number of hydrogen-bond acceptors (Lipinski definition) is 7. The minimum Gasteiger partial charge on any atom is -0.497 e. The van der Waals surface area contributed by atoms with Crippen molar-refractivity contribution in [3.63, 3.8) is 0 Å². The number of rotatable bonds is 12. The van der Waals surface area contributed by atoms with Gasteiger partial charge in [-0.3, -0.25) is 4.79 Å². The van der Waals surface area contributed by atoms with E-state index in [1.807, 2.05) is 18.0 Å². The third-order valence-corrected chi connectivity index (χ3v) is 11.6. The van der Waals surface area contributed by atoms with Gasteiger partial charge >= 0.3 is 0 Å². The number of aliphatic hydroxyl groups is 1. The van der Waals surface area contributed by atoms with E-state index in [1.165, 1.54) is 52.2 Å². The number of nitrogens with zero attached hydrogens (tertiary/aromatic N) is 2. The second-order valence-electron chi connectivity index (χ2n) is 12.5. The summed E-state index contributed by atoms with van der Waals surface area (Å²) in [6.07, 6.45) is 7.85. The summed E-state index contributed by atoms with van der Waals surface area (Å²) in [5.74, 6) is 0.527. The fourth-order valence-electron chi connectivity index (χ4n) is 7.11. The van der Waals surface area contributed by atoms with E-state index in [-0.39, 0.29) is 54.8 Å². The Bertz CT molecular complexity index is 1700. The van der Waals surface area contributed by atoms with Crippen molar-refractivity contribution in [1.29, 1.82) is 0 Å². The number of sulfonamides is 1. The van der Waals surface area contributed by atoms with Gasteiger partial charge in [0.25, 0.3) is 5.91 Å². The fraction of sp³-hybridized carbons (Fsp3) is 0.432. The van der Waals surface area contributed by atoms with Gasteiger partial charge < -0.3 is 24.2 Å². The van der Waals surface area contributed by atoms with Gasteiger partial charge in [0.1, 0.15) is 5.75 Å². The molecule has 1 aliphatic heterocycles. The molecule has 1 saturated carbocycles. The standard InChI is InChI=1S/C37H44N2O7S/c1-38(28-10-4-3-5-11-28)37(41)35-24-27(32-13-8-14-33-31-12-7-6-9-26(31)23-34(32)33)25-36(46-35)45-22-20-39(19-21-40)47(42,43)30-17-15-29(44-2)16-18-30/h6-9,12-18,24,27-28,36,40H,3-5,10-11,19-23,25H2,1-2H3/t27-,36+/m1/s1. The van der Waals surface area contributed by atoms with Crippen LogP contribution in [0.1, 0.15) is 61.1 Å². The van der Waals surface area contributed by atoms with Crippen molar-refractivity contribution >= 4 is 15.9 Å². The molecule has 1 N–H and O–H groups in total. The van der Waals surface area contributed by atoms with Crippen LogP contribution in [0.5, 0.6) is 5.75 Å². The molecule has 1 fully saturated rings. The molecule has 1 amide bonds. The predicted octanol–water partition coefficient (Wildman–Crippen LogP) is 5.47. The lowest BCUT2D eigenvalue weighted by Gasteiger charge is -2.35. The first kappa shape index (κ1) is 33.2. The molecule has 2 aliphatic carbocycles. The highest BCUT2D eigenvalue weighted by molar-refractivity contribution is 7.89. The molecule has 3 aromatic carbocycles. The Balaban J connectivity index is 1.22. The number of amides is 1. The fourth-order valence-corrected chi connectivity index (χ4v) is 8.53. The van der Waals surface area contributed by atoms with E-state index in [9.17, 15) is 18.3 Å². The molecule has 2 atom stereocenters. The Morgan fingerprint density at radius 3 is 2.45 bits per heavy atom. The number of likely N-dealkylation sites (N-methyl/N-ethyl adjacent to an activating group) is 1. The van der Waals surface area contributed by atoms with Gasteiger partial charge in [-0.1, -0.05) is 61.7 Å². The maximum Gasteiger partial charge on any atom is 0.288 e. The van der Waals surface area contributed by atoms with Crippen LogP contribution in [0.2, 0.25) is 0 Å². The van der Waals surface area contributed by atoms with Crippen molar-refractivity contribution in [2.24, 2.45) is 0 Å². The summed E-state index contributed by atoms with van der Waals surface area (Å²) >= 11 is 0. The molecule has 10 heteroatoms. The van der Waals surface area contributed by atoms with Crippen LogP contribution in [0.25, 0.3) is 11.1 Å². The lowest BCUT2D eigenvalue weighted by Crippen LogP contribution is -2.41. The molecule has 3 aliphatic rings. The Labute approximate surface area is 277 Å². The molecule has 0 radical (unpaired) electrons. The first-order valence-corrected chi connectivity index (χ1v) is 18.0. The molecule has 0 saturated heterocycles. The van der Waals surface area contributed by atoms with E-state index in [0.717, 1.165) is 37.7 Å². The molecular weight excluding hydrogens is 616 g/mol. The van der Waals surface area contributed by atoms with Crippen molar-refractivity contribution in [2.45, 2.75) is 68.1 Å². The third-order valence-electron chi connectivity index (χ3n) is 9.69. The van der Waals surface area contributed by atoms with Crippen LogP contribution in [0.3, 0.4) is 0 Å². The van der Waals surface area contributed by atoms with Crippen LogP contribution in [0.15, 0.2) is 83.5 Å². The summed E-state index contributed by atoms with van der Waals surface area (Å²) < 4.78 is 45.7. The average Bonchev–Trinajstić information content (AvgIpc) is 3.50. The number of methoxy groups -OCH3 is 1. The number of fused-ring (bicyclic) bond motifs is 3. The monoisotopic (exact) mass is 660 g/mol. The van der Waals surface area contributed by atoms with Crippen molar-refractivity contribution in [2.75, 3.05) is 40.5 Å². The number of ether oxygens (including phenoxy) is 3. The van der Waals surface area contributed by atoms with Crippen LogP contribution in [0, 0.1) is 0 Å². The summed E-state index contributed by atoms with van der Waals surface area (Å²) in [5, 5.41) is 9.69. The van der Waals surface area contributed by atoms with Gasteiger partial charge in [0.2, 0.25) is 16.3 Å². The highest BCUT2D eigenvalue weighted by atomic mass is 32.2. The van der Waals surface area contributed by atoms with Crippen molar-refractivity contribution < 1.29 is 32.5 Å². The Hall–Kier alpha value is -3.70. The maximum atomic E-state index is 13.9. The molecule has 1 heterocycles. The Morgan fingerprint density at radius 1 is 0.957 bits per heavy atom. The highest BCUT2D eigenvalue weighted by Crippen LogP contribution is 2.43. The minimum atomic E-state index is -3.90. The quantitative estimate of drug-likeness (QED) is 0.215. The Morgan fingerprint density at radius 2 is 1.70 bits per heavy atom. The van der Waals surface area contributed by atoms with Gasteiger partial charge in [-0.25, -0.2) is 8.42 Å². The summed E-state index contributed by atoms with van der Waals surface area (Å²) in [4.78, 5) is 15.8. The largest absolute Gasteiger partial charge is 0.497 e. The zero-order valence-electron chi connectivity index (χ0n) is 27.1. The normalized spacial score (nSPS) is 19.4. The van der Waals surface area contributed by atoms with Gasteiger partial charge in [-0.15, -0.1) is 0 Å². The number of allylic oxidation sites excluding steroid dienone is 1. The summed E-state index contributed by atoms with van der Waals surface area (Å²) in [7, 11) is -0.527. The highest BCUT2D eigenvalue weighted by Gasteiger charge is 2.35. The molecule has 250 valence electrons. The average molecular weight is 661 g/mol. The van der Waals surface area contributed by atoms with Crippen molar-refractivity contribution in [3.8, 4) is 16.9 Å². The van der Waals surface area contributed by atoms with Crippen molar-refractivity contribution in [1.82, 2.24) is 9.21 Å². The zero-order valence-corrected chi connectivity index (χ0v) is 28.0. The van der Waals surface area contributed by atoms with Crippen LogP contribution in [0.4, 0.5) is 0 Å². The van der Waals surface area contributed by atoms with E-state index >= 15 is 0 Å². The maximum absolute atomic E-state index is 13.9. The number of carbonyl (C=O) groups excluding carboxylic acids is 1. The number of benzene rings is 3. The molecule has 6 rings (SSSR count). The van der Waals surface area contributed by atoms with E-state index < -0.39 is 16.3 Å². The third kappa shape index (κ3) is 7.11. The number of carbonyl (C=O) groups is 1. The smallest absolute Gasteiger partial charge is 0.288 e. The van der Waals surface area contributed by atoms with Gasteiger partial charge in [-0.05, 0) is 77.4 Å². The van der Waals surface area contributed by atoms with E-state index in [0.29, 0.717) is 12.2 Å². The SMILES string of the molecule is COc1ccc(S(=O)(=O)N(CCO)CCO[C@@H]2C[C@H](c3cccc4c3Cc3ccccc3-4)C=C(C(=O)N(C)C3CCCCC3)O2)cc1. The molecule has 0 spiro atoms. The second-order valence-corrected chi connectivity index (χ2v) is 14.4. The number of hydrogen-bond donors (Lipinski definition) is 1. The minimum absolute atomic E-state index is 0.00443. The molecule has 0 unspecified atom stereocenters. The van der Waals surface area contributed by atoms with E-state index in [1.54, 1.807) is 12.1 Å². The lowest BCUT2D eigenvalue weighted by atomic mass is 9.87. The molecule has 0 aromatic heterocycles. The van der Waals surface area contributed by atoms with E-state index in [2.05, 4.69) is 42.5 Å². The first-order valence-electron chi connectivity index (χ1n) is 16.5. The van der Waals surface area contributed by atoms with Gasteiger partial charge in [-0.2, -0.15) is 4.31 Å². The van der Waals surface area contributed by atoms with Crippen LogP contribution in [-0.4, -0.2) is 81.4 Å². The first-order chi connectivity index (χ1) is 22.8. The number of aliphatic hydroxyl groups excluding tert-OH is 1. The van der Waals surface area contributed by atoms with E-state index in [4.69, 9.17) is 14.2 Å².